The number of ether oxygens (including phenoxy) is 1. The summed E-state index contributed by atoms with van der Waals surface area (Å²) < 4.78 is 34.6. The van der Waals surface area contributed by atoms with Crippen molar-refractivity contribution in [2.24, 2.45) is 10.8 Å². The highest BCUT2D eigenvalue weighted by atomic mass is 35.5. The maximum absolute atomic E-state index is 13.1. The van der Waals surface area contributed by atoms with E-state index in [1.807, 2.05) is 19.9 Å². The van der Waals surface area contributed by atoms with Gasteiger partial charge >= 0.3 is 0 Å². The monoisotopic (exact) mass is 684 g/mol. The van der Waals surface area contributed by atoms with Crippen LogP contribution in [0.1, 0.15) is 44.5 Å². The average molecular weight is 686 g/mol. The number of sulfonamides is 1. The SMILES string of the molecule is CC(C)(COc1ccc(NS(=O)(=O)c2ccc(C(=O)Nc3ccc(Cl)c(-c4ccccn4)c3)c(Cl)c2)cc1)CC(C)(C)C(=O)NO. The first-order chi connectivity index (χ1) is 21.6. The zero-order chi connectivity index (χ0) is 33.7. The van der Waals surface area contributed by atoms with Crippen LogP contribution in [-0.4, -0.2) is 37.0 Å². The van der Waals surface area contributed by atoms with Gasteiger partial charge in [0.15, 0.2) is 0 Å². The third-order valence-corrected chi connectivity index (χ3v) is 9.05. The third-order valence-electron chi connectivity index (χ3n) is 7.03. The Hall–Kier alpha value is -4.16. The molecule has 0 spiro atoms. The van der Waals surface area contributed by atoms with Crippen LogP contribution in [0.4, 0.5) is 11.4 Å². The Morgan fingerprint density at radius 3 is 2.22 bits per heavy atom. The van der Waals surface area contributed by atoms with Crippen LogP contribution >= 0.6 is 23.2 Å². The molecule has 4 aromatic rings. The minimum atomic E-state index is -4.04. The fourth-order valence-corrected chi connectivity index (χ4v) is 6.59. The number of carbonyl (C=O) groups is 2. The number of pyridine rings is 1. The number of benzene rings is 3. The van der Waals surface area contributed by atoms with E-state index in [0.29, 0.717) is 34.1 Å². The lowest BCUT2D eigenvalue weighted by atomic mass is 9.75. The molecule has 242 valence electrons. The number of rotatable bonds is 12. The fourth-order valence-electron chi connectivity index (χ4n) is 4.96. The van der Waals surface area contributed by atoms with E-state index in [2.05, 4.69) is 15.0 Å². The quantitative estimate of drug-likeness (QED) is 0.0896. The highest BCUT2D eigenvalue weighted by molar-refractivity contribution is 7.92. The van der Waals surface area contributed by atoms with Crippen LogP contribution in [0.5, 0.6) is 5.75 Å². The maximum Gasteiger partial charge on any atom is 0.261 e. The van der Waals surface area contributed by atoms with Crippen LogP contribution in [0, 0.1) is 10.8 Å². The summed E-state index contributed by atoms with van der Waals surface area (Å²) >= 11 is 12.7. The van der Waals surface area contributed by atoms with Crippen molar-refractivity contribution in [3.8, 4) is 17.0 Å². The van der Waals surface area contributed by atoms with E-state index in [9.17, 15) is 18.0 Å². The van der Waals surface area contributed by atoms with Crippen molar-refractivity contribution in [3.05, 3.63) is 101 Å². The molecule has 0 saturated carbocycles. The second kappa shape index (κ2) is 14.1. The Labute approximate surface area is 278 Å². The molecular formula is C33H34Cl2N4O6S. The lowest BCUT2D eigenvalue weighted by molar-refractivity contribution is -0.140. The molecule has 0 aliphatic carbocycles. The van der Waals surface area contributed by atoms with Gasteiger partial charge in [-0.15, -0.1) is 0 Å². The van der Waals surface area contributed by atoms with Crippen molar-refractivity contribution in [1.29, 1.82) is 0 Å². The number of nitrogens with zero attached hydrogens (tertiary/aromatic N) is 1. The summed E-state index contributed by atoms with van der Waals surface area (Å²) in [6.45, 7) is 7.63. The van der Waals surface area contributed by atoms with Gasteiger partial charge in [-0.3, -0.25) is 24.5 Å². The molecule has 1 heterocycles. The van der Waals surface area contributed by atoms with Crippen LogP contribution in [-0.2, 0) is 14.8 Å². The first-order valence-electron chi connectivity index (χ1n) is 14.1. The van der Waals surface area contributed by atoms with Gasteiger partial charge in [0.05, 0.1) is 32.8 Å². The molecule has 2 amide bonds. The van der Waals surface area contributed by atoms with Gasteiger partial charge in [0.1, 0.15) is 5.75 Å². The van der Waals surface area contributed by atoms with E-state index in [1.54, 1.807) is 80.1 Å². The molecule has 4 rings (SSSR count). The normalized spacial score (nSPS) is 11.9. The van der Waals surface area contributed by atoms with Crippen LogP contribution in [0.15, 0.2) is 90.0 Å². The highest BCUT2D eigenvalue weighted by Gasteiger charge is 2.35. The molecule has 0 bridgehead atoms. The Morgan fingerprint density at radius 2 is 1.59 bits per heavy atom. The topological polar surface area (TPSA) is 147 Å². The predicted molar refractivity (Wildman–Crippen MR) is 179 cm³/mol. The molecule has 10 nitrogen and oxygen atoms in total. The first-order valence-corrected chi connectivity index (χ1v) is 16.4. The van der Waals surface area contributed by atoms with Crippen molar-refractivity contribution < 1.29 is 28.0 Å². The minimum Gasteiger partial charge on any atom is -0.493 e. The summed E-state index contributed by atoms with van der Waals surface area (Å²) in [4.78, 5) is 29.1. The van der Waals surface area contributed by atoms with Gasteiger partial charge in [-0.05, 0) is 84.6 Å². The van der Waals surface area contributed by atoms with Gasteiger partial charge in [0, 0.05) is 28.6 Å². The number of hydrogen-bond acceptors (Lipinski definition) is 7. The Kier molecular flexibility index (Phi) is 10.6. The smallest absolute Gasteiger partial charge is 0.261 e. The molecule has 46 heavy (non-hydrogen) atoms. The van der Waals surface area contributed by atoms with Crippen molar-refractivity contribution in [1.82, 2.24) is 10.5 Å². The van der Waals surface area contributed by atoms with Crippen molar-refractivity contribution in [2.45, 2.75) is 39.0 Å². The molecule has 0 aliphatic heterocycles. The molecule has 1 aromatic heterocycles. The molecule has 0 atom stereocenters. The Balaban J connectivity index is 1.39. The van der Waals surface area contributed by atoms with Crippen LogP contribution in [0.2, 0.25) is 10.0 Å². The lowest BCUT2D eigenvalue weighted by Crippen LogP contribution is -2.39. The molecule has 0 aliphatic rings. The number of nitrogens with one attached hydrogen (secondary N) is 3. The van der Waals surface area contributed by atoms with E-state index in [4.69, 9.17) is 33.1 Å². The lowest BCUT2D eigenvalue weighted by Gasteiger charge is -2.33. The average Bonchev–Trinajstić information content (AvgIpc) is 3.01. The van der Waals surface area contributed by atoms with E-state index < -0.39 is 32.7 Å². The van der Waals surface area contributed by atoms with E-state index in [1.165, 1.54) is 18.2 Å². The summed E-state index contributed by atoms with van der Waals surface area (Å²) in [7, 11) is -4.04. The first kappa shape index (κ1) is 34.7. The van der Waals surface area contributed by atoms with Crippen molar-refractivity contribution in [3.63, 3.8) is 0 Å². The van der Waals surface area contributed by atoms with Gasteiger partial charge < -0.3 is 10.1 Å². The van der Waals surface area contributed by atoms with Gasteiger partial charge in [-0.2, -0.15) is 0 Å². The molecule has 0 unspecified atom stereocenters. The zero-order valence-electron chi connectivity index (χ0n) is 25.6. The standard InChI is InChI=1S/C33H34Cl2N4O6S/c1-32(2,19-33(3,4)31(41)38-42)20-45-23-11-8-21(9-12-23)39-46(43,44)24-13-14-25(28(35)18-24)30(40)37-22-10-15-27(34)26(17-22)29-7-5-6-16-36-29/h5-18,39,42H,19-20H2,1-4H3,(H,37,40)(H,38,41). The Morgan fingerprint density at radius 1 is 0.891 bits per heavy atom. The van der Waals surface area contributed by atoms with Crippen LogP contribution < -0.4 is 20.3 Å². The van der Waals surface area contributed by atoms with Crippen LogP contribution in [0.25, 0.3) is 11.3 Å². The summed E-state index contributed by atoms with van der Waals surface area (Å²) in [5, 5.41) is 12.2. The molecule has 13 heteroatoms. The van der Waals surface area contributed by atoms with Gasteiger partial charge in [-0.1, -0.05) is 57.0 Å². The summed E-state index contributed by atoms with van der Waals surface area (Å²) in [5.74, 6) is -0.508. The maximum atomic E-state index is 13.1. The summed E-state index contributed by atoms with van der Waals surface area (Å²) in [5.41, 5.74) is 2.59. The Bertz CT molecular complexity index is 1830. The van der Waals surface area contributed by atoms with E-state index in [-0.39, 0.29) is 27.8 Å². The largest absolute Gasteiger partial charge is 0.493 e. The molecular weight excluding hydrogens is 651 g/mol. The van der Waals surface area contributed by atoms with Crippen molar-refractivity contribution in [2.75, 3.05) is 16.6 Å². The molecule has 0 saturated heterocycles. The van der Waals surface area contributed by atoms with Gasteiger partial charge in [0.25, 0.3) is 15.9 Å². The summed E-state index contributed by atoms with van der Waals surface area (Å²) in [6.07, 6.45) is 2.09. The number of anilines is 2. The second-order valence-electron chi connectivity index (χ2n) is 12.1. The number of amides is 2. The van der Waals surface area contributed by atoms with Crippen molar-refractivity contribution >= 4 is 56.4 Å². The number of carbonyl (C=O) groups excluding carboxylic acids is 2. The molecule has 0 fully saturated rings. The fraction of sp³-hybridized carbons (Fsp3) is 0.242. The van der Waals surface area contributed by atoms with E-state index >= 15 is 0 Å². The number of aromatic nitrogens is 1. The summed E-state index contributed by atoms with van der Waals surface area (Å²) in [6, 6.07) is 20.6. The molecule has 0 radical (unpaired) electrons. The highest BCUT2D eigenvalue weighted by Crippen LogP contribution is 2.35. The molecule has 4 N–H and O–H groups in total. The van der Waals surface area contributed by atoms with Gasteiger partial charge in [-0.25, -0.2) is 13.9 Å². The second-order valence-corrected chi connectivity index (χ2v) is 14.6. The number of halogens is 2. The number of hydrogen-bond donors (Lipinski definition) is 4. The minimum absolute atomic E-state index is 0.0506. The van der Waals surface area contributed by atoms with Crippen LogP contribution in [0.3, 0.4) is 0 Å². The predicted octanol–water partition coefficient (Wildman–Crippen LogP) is 7.44. The molecule has 3 aromatic carbocycles. The van der Waals surface area contributed by atoms with E-state index in [0.717, 1.165) is 0 Å². The third kappa shape index (κ3) is 8.76. The van der Waals surface area contributed by atoms with Gasteiger partial charge in [0.2, 0.25) is 5.91 Å². The number of hydroxylamine groups is 1. The zero-order valence-corrected chi connectivity index (χ0v) is 27.9.